The number of fused-ring (bicyclic) bond motifs is 2. The number of para-hydroxylation sites is 2. The van der Waals surface area contributed by atoms with Crippen molar-refractivity contribution in [2.24, 2.45) is 0 Å². The molecule has 6 nitrogen and oxygen atoms in total. The van der Waals surface area contributed by atoms with Crippen LogP contribution < -0.4 is 14.4 Å². The van der Waals surface area contributed by atoms with Crippen molar-refractivity contribution >= 4 is 17.3 Å². The minimum Gasteiger partial charge on any atom is -0.492 e. The molecule has 0 radical (unpaired) electrons. The predicted molar refractivity (Wildman–Crippen MR) is 171 cm³/mol. The molecule has 0 saturated carbocycles. The highest BCUT2D eigenvalue weighted by molar-refractivity contribution is 5.71. The highest BCUT2D eigenvalue weighted by Crippen LogP contribution is 2.36. The molecule has 0 atom stereocenters. The van der Waals surface area contributed by atoms with Crippen molar-refractivity contribution in [3.05, 3.63) is 82.9 Å². The standard InChI is InChI=1S/C19H24N2.C16H25NO3/c1-20(2)14-7-15-21-18-10-5-3-8-16(18)12-13-17-9-4-6-11-19(17)21;1-11(2)14-10-15(20-13(4)18)12(3)9-16(14)19-8-7-17(5)6/h3-6,8-11H,7,12-15H2,1-2H3;9-11H,7-8H2,1-6H3. The van der Waals surface area contributed by atoms with E-state index in [-0.39, 0.29) is 5.97 Å². The van der Waals surface area contributed by atoms with Gasteiger partial charge in [0.25, 0.3) is 0 Å². The number of carbonyl (C=O) groups excluding carboxylic acids is 1. The first-order chi connectivity index (χ1) is 19.6. The van der Waals surface area contributed by atoms with E-state index in [1.807, 2.05) is 33.2 Å². The number of anilines is 2. The van der Waals surface area contributed by atoms with E-state index in [4.69, 9.17) is 9.47 Å². The minimum atomic E-state index is -0.302. The van der Waals surface area contributed by atoms with Crippen LogP contribution in [0.15, 0.2) is 60.7 Å². The Morgan fingerprint density at radius 1 is 0.854 bits per heavy atom. The zero-order valence-corrected chi connectivity index (χ0v) is 26.4. The van der Waals surface area contributed by atoms with E-state index in [0.717, 1.165) is 49.4 Å². The van der Waals surface area contributed by atoms with Gasteiger partial charge in [-0.2, -0.15) is 0 Å². The van der Waals surface area contributed by atoms with Gasteiger partial charge in [0.05, 0.1) is 0 Å². The van der Waals surface area contributed by atoms with Crippen molar-refractivity contribution in [3.63, 3.8) is 0 Å². The first kappa shape index (κ1) is 32.2. The van der Waals surface area contributed by atoms with Gasteiger partial charge in [-0.1, -0.05) is 50.2 Å². The van der Waals surface area contributed by atoms with Gasteiger partial charge >= 0.3 is 5.97 Å². The number of aryl methyl sites for hydroxylation is 3. The van der Waals surface area contributed by atoms with Gasteiger partial charge in [0.15, 0.2) is 0 Å². The van der Waals surface area contributed by atoms with Gasteiger partial charge in [-0.25, -0.2) is 0 Å². The molecule has 4 rings (SSSR count). The summed E-state index contributed by atoms with van der Waals surface area (Å²) >= 11 is 0. The molecule has 0 saturated heterocycles. The molecule has 222 valence electrons. The fraction of sp³-hybridized carbons (Fsp3) is 0.457. The number of benzene rings is 3. The predicted octanol–water partition coefficient (Wildman–Crippen LogP) is 6.86. The van der Waals surface area contributed by atoms with E-state index in [9.17, 15) is 4.79 Å². The molecule has 1 heterocycles. The normalized spacial score (nSPS) is 12.4. The second-order valence-corrected chi connectivity index (χ2v) is 11.6. The average Bonchev–Trinajstić information content (AvgIpc) is 3.07. The number of nitrogens with zero attached hydrogens (tertiary/aromatic N) is 3. The molecular weight excluding hydrogens is 510 g/mol. The number of rotatable bonds is 10. The lowest BCUT2D eigenvalue weighted by atomic mass is 10.00. The average molecular weight is 560 g/mol. The van der Waals surface area contributed by atoms with Gasteiger partial charge in [-0.3, -0.25) is 4.79 Å². The van der Waals surface area contributed by atoms with E-state index >= 15 is 0 Å². The third-order valence-corrected chi connectivity index (χ3v) is 7.19. The smallest absolute Gasteiger partial charge is 0.308 e. The molecule has 6 heteroatoms. The van der Waals surface area contributed by atoms with Crippen molar-refractivity contribution < 1.29 is 14.3 Å². The second kappa shape index (κ2) is 15.6. The van der Waals surface area contributed by atoms with Crippen molar-refractivity contribution in [2.45, 2.75) is 52.9 Å². The van der Waals surface area contributed by atoms with Gasteiger partial charge in [0.1, 0.15) is 18.1 Å². The fourth-order valence-electron chi connectivity index (χ4n) is 5.01. The van der Waals surface area contributed by atoms with Crippen LogP contribution >= 0.6 is 0 Å². The van der Waals surface area contributed by atoms with Crippen LogP contribution in [0.3, 0.4) is 0 Å². The molecule has 0 aliphatic carbocycles. The highest BCUT2D eigenvalue weighted by atomic mass is 16.5. The SMILES string of the molecule is CC(=O)Oc1cc(C(C)C)c(OCCN(C)C)cc1C.CN(C)CCCN1c2ccccc2CCc2ccccc21. The van der Waals surface area contributed by atoms with E-state index in [2.05, 4.69) is 91.2 Å². The van der Waals surface area contributed by atoms with Gasteiger partial charge in [-0.05, 0) is 108 Å². The topological polar surface area (TPSA) is 45.3 Å². The van der Waals surface area contributed by atoms with Gasteiger partial charge in [0, 0.05) is 37.0 Å². The van der Waals surface area contributed by atoms with E-state index in [1.165, 1.54) is 35.8 Å². The largest absolute Gasteiger partial charge is 0.492 e. The van der Waals surface area contributed by atoms with Crippen LogP contribution in [0.5, 0.6) is 11.5 Å². The molecule has 1 aliphatic rings. The maximum atomic E-state index is 11.1. The third kappa shape index (κ3) is 9.61. The zero-order valence-electron chi connectivity index (χ0n) is 26.4. The Labute approximate surface area is 247 Å². The molecule has 0 fully saturated rings. The molecule has 41 heavy (non-hydrogen) atoms. The molecule has 1 aliphatic heterocycles. The lowest BCUT2D eigenvalue weighted by Crippen LogP contribution is -2.23. The molecule has 0 N–H and O–H groups in total. The second-order valence-electron chi connectivity index (χ2n) is 11.6. The summed E-state index contributed by atoms with van der Waals surface area (Å²) in [7, 11) is 8.32. The number of hydrogen-bond donors (Lipinski definition) is 0. The lowest BCUT2D eigenvalue weighted by Gasteiger charge is -2.27. The summed E-state index contributed by atoms with van der Waals surface area (Å²) in [6.07, 6.45) is 3.45. The number of carbonyl (C=O) groups is 1. The summed E-state index contributed by atoms with van der Waals surface area (Å²) in [5.74, 6) is 1.49. The Kier molecular flexibility index (Phi) is 12.2. The number of hydrogen-bond acceptors (Lipinski definition) is 6. The number of esters is 1. The first-order valence-corrected chi connectivity index (χ1v) is 14.7. The Balaban J connectivity index is 0.000000226. The highest BCUT2D eigenvalue weighted by Gasteiger charge is 2.19. The van der Waals surface area contributed by atoms with E-state index in [0.29, 0.717) is 18.3 Å². The molecule has 3 aromatic carbocycles. The zero-order chi connectivity index (χ0) is 29.9. The molecule has 0 unspecified atom stereocenters. The summed E-state index contributed by atoms with van der Waals surface area (Å²) in [5.41, 5.74) is 7.69. The number of ether oxygens (including phenoxy) is 2. The fourth-order valence-corrected chi connectivity index (χ4v) is 5.01. The summed E-state index contributed by atoms with van der Waals surface area (Å²) < 4.78 is 11.1. The Bertz CT molecular complexity index is 1220. The van der Waals surface area contributed by atoms with Crippen LogP contribution in [0, 0.1) is 6.92 Å². The van der Waals surface area contributed by atoms with Crippen LogP contribution in [-0.4, -0.2) is 70.2 Å². The summed E-state index contributed by atoms with van der Waals surface area (Å²) in [5, 5.41) is 0. The van der Waals surface area contributed by atoms with Gasteiger partial charge in [0.2, 0.25) is 0 Å². The van der Waals surface area contributed by atoms with Crippen molar-refractivity contribution in [3.8, 4) is 11.5 Å². The molecule has 0 bridgehead atoms. The van der Waals surface area contributed by atoms with E-state index < -0.39 is 0 Å². The summed E-state index contributed by atoms with van der Waals surface area (Å²) in [6, 6.07) is 21.6. The summed E-state index contributed by atoms with van der Waals surface area (Å²) in [4.78, 5) is 18.0. The van der Waals surface area contributed by atoms with Crippen molar-refractivity contribution in [1.82, 2.24) is 9.80 Å². The molecule has 0 aromatic heterocycles. The number of likely N-dealkylation sites (N-methyl/N-ethyl adjacent to an activating group) is 1. The molecular formula is C35H49N3O3. The Hall–Kier alpha value is -3.35. The quantitative estimate of drug-likeness (QED) is 0.200. The third-order valence-electron chi connectivity index (χ3n) is 7.19. The Morgan fingerprint density at radius 3 is 1.93 bits per heavy atom. The van der Waals surface area contributed by atoms with Gasteiger partial charge in [-0.15, -0.1) is 0 Å². The van der Waals surface area contributed by atoms with E-state index in [1.54, 1.807) is 0 Å². The monoisotopic (exact) mass is 559 g/mol. The van der Waals surface area contributed by atoms with Crippen LogP contribution in [0.2, 0.25) is 0 Å². The minimum absolute atomic E-state index is 0.302. The molecule has 0 spiro atoms. The van der Waals surface area contributed by atoms with Crippen LogP contribution in [-0.2, 0) is 17.6 Å². The maximum Gasteiger partial charge on any atom is 0.308 e. The first-order valence-electron chi connectivity index (χ1n) is 14.7. The van der Waals surface area contributed by atoms with Gasteiger partial charge < -0.3 is 24.2 Å². The van der Waals surface area contributed by atoms with Crippen LogP contribution in [0.1, 0.15) is 55.4 Å². The maximum absolute atomic E-state index is 11.1. The van der Waals surface area contributed by atoms with Crippen molar-refractivity contribution in [2.75, 3.05) is 59.3 Å². The van der Waals surface area contributed by atoms with Crippen LogP contribution in [0.25, 0.3) is 0 Å². The molecule has 0 amide bonds. The molecule has 3 aromatic rings. The van der Waals surface area contributed by atoms with Crippen LogP contribution in [0.4, 0.5) is 11.4 Å². The van der Waals surface area contributed by atoms with Crippen molar-refractivity contribution in [1.29, 1.82) is 0 Å². The summed E-state index contributed by atoms with van der Waals surface area (Å²) in [6.45, 7) is 11.2. The lowest BCUT2D eigenvalue weighted by molar-refractivity contribution is -0.131. The Morgan fingerprint density at radius 2 is 1.41 bits per heavy atom.